The number of piperazine rings is 1. The van der Waals surface area contributed by atoms with E-state index in [-0.39, 0.29) is 17.6 Å². The first-order valence-electron chi connectivity index (χ1n) is 9.44. The van der Waals surface area contributed by atoms with Gasteiger partial charge in [-0.1, -0.05) is 18.9 Å². The van der Waals surface area contributed by atoms with Gasteiger partial charge < -0.3 is 14.9 Å². The van der Waals surface area contributed by atoms with Crippen LogP contribution in [0.4, 0.5) is 0 Å². The van der Waals surface area contributed by atoms with E-state index in [0.29, 0.717) is 37.7 Å². The molecule has 2 aromatic rings. The molecule has 2 aliphatic rings. The zero-order valence-corrected chi connectivity index (χ0v) is 16.0. The van der Waals surface area contributed by atoms with Gasteiger partial charge in [-0.2, -0.15) is 0 Å². The molecular formula is C20H23N3O3S. The summed E-state index contributed by atoms with van der Waals surface area (Å²) >= 11 is 1.43. The van der Waals surface area contributed by atoms with E-state index in [1.165, 1.54) is 30.2 Å². The summed E-state index contributed by atoms with van der Waals surface area (Å²) in [5.74, 6) is 0.439. The third-order valence-corrected chi connectivity index (χ3v) is 6.31. The number of rotatable bonds is 3. The van der Waals surface area contributed by atoms with Crippen molar-refractivity contribution in [3.8, 4) is 5.75 Å². The molecule has 0 atom stereocenters. The molecule has 2 amide bonds. The summed E-state index contributed by atoms with van der Waals surface area (Å²) in [4.78, 5) is 34.4. The Morgan fingerprint density at radius 2 is 1.70 bits per heavy atom. The molecule has 2 fully saturated rings. The predicted octanol–water partition coefficient (Wildman–Crippen LogP) is 3.10. The molecule has 0 spiro atoms. The molecule has 0 radical (unpaired) electrons. The van der Waals surface area contributed by atoms with Crippen LogP contribution in [0.2, 0.25) is 0 Å². The second-order valence-corrected chi connectivity index (χ2v) is 8.04. The number of carbonyl (C=O) groups is 2. The Balaban J connectivity index is 1.40. The van der Waals surface area contributed by atoms with Gasteiger partial charge in [-0.25, -0.2) is 4.98 Å². The van der Waals surface area contributed by atoms with Gasteiger partial charge in [0.25, 0.3) is 11.8 Å². The number of aromatic hydroxyl groups is 1. The predicted molar refractivity (Wildman–Crippen MR) is 103 cm³/mol. The maximum atomic E-state index is 13.0. The quantitative estimate of drug-likeness (QED) is 0.881. The number of benzene rings is 1. The third kappa shape index (κ3) is 3.69. The van der Waals surface area contributed by atoms with Gasteiger partial charge in [-0.3, -0.25) is 9.59 Å². The highest BCUT2D eigenvalue weighted by molar-refractivity contribution is 7.11. The number of thiazole rings is 1. The molecule has 1 aromatic heterocycles. The van der Waals surface area contributed by atoms with Crippen LogP contribution in [0.3, 0.4) is 0 Å². The molecule has 142 valence electrons. The second-order valence-electron chi connectivity index (χ2n) is 7.18. The molecule has 1 saturated heterocycles. The van der Waals surface area contributed by atoms with Crippen LogP contribution in [0.15, 0.2) is 29.8 Å². The fourth-order valence-corrected chi connectivity index (χ4v) is 4.82. The lowest BCUT2D eigenvalue weighted by molar-refractivity contribution is 0.0537. The Labute approximate surface area is 162 Å². The lowest BCUT2D eigenvalue weighted by atomic mass is 10.0. The zero-order valence-electron chi connectivity index (χ0n) is 15.1. The van der Waals surface area contributed by atoms with E-state index >= 15 is 0 Å². The summed E-state index contributed by atoms with van der Waals surface area (Å²) in [6.45, 7) is 2.03. The van der Waals surface area contributed by atoms with Gasteiger partial charge >= 0.3 is 0 Å². The zero-order chi connectivity index (χ0) is 18.8. The Hall–Kier alpha value is -2.41. The number of hydrogen-bond donors (Lipinski definition) is 1. The molecule has 4 rings (SSSR count). The Bertz CT molecular complexity index is 837. The van der Waals surface area contributed by atoms with Crippen molar-refractivity contribution in [1.82, 2.24) is 14.8 Å². The lowest BCUT2D eigenvalue weighted by Gasteiger charge is -2.34. The van der Waals surface area contributed by atoms with Crippen LogP contribution < -0.4 is 0 Å². The number of aromatic nitrogens is 1. The maximum absolute atomic E-state index is 13.0. The van der Waals surface area contributed by atoms with Gasteiger partial charge in [-0.05, 0) is 31.0 Å². The summed E-state index contributed by atoms with van der Waals surface area (Å²) in [6.07, 6.45) is 4.67. The van der Waals surface area contributed by atoms with E-state index in [0.717, 1.165) is 23.4 Å². The van der Waals surface area contributed by atoms with Gasteiger partial charge in [0, 0.05) is 37.7 Å². The molecule has 1 aliphatic carbocycles. The summed E-state index contributed by atoms with van der Waals surface area (Å²) in [6, 6.07) is 6.39. The van der Waals surface area contributed by atoms with Gasteiger partial charge in [0.1, 0.15) is 10.6 Å². The summed E-state index contributed by atoms with van der Waals surface area (Å²) < 4.78 is 0. The normalized spacial score (nSPS) is 18.1. The first-order valence-corrected chi connectivity index (χ1v) is 10.3. The van der Waals surface area contributed by atoms with Crippen molar-refractivity contribution in [2.45, 2.75) is 31.6 Å². The van der Waals surface area contributed by atoms with E-state index in [2.05, 4.69) is 4.98 Å². The van der Waals surface area contributed by atoms with Gasteiger partial charge in [0.05, 0.1) is 11.2 Å². The smallest absolute Gasteiger partial charge is 0.265 e. The minimum Gasteiger partial charge on any atom is -0.508 e. The van der Waals surface area contributed by atoms with Crippen LogP contribution in [0.25, 0.3) is 0 Å². The number of phenolic OH excluding ortho intramolecular Hbond substituents is 1. The van der Waals surface area contributed by atoms with Crippen molar-refractivity contribution in [3.05, 3.63) is 45.9 Å². The fourth-order valence-electron chi connectivity index (χ4n) is 3.98. The topological polar surface area (TPSA) is 73.7 Å². The van der Waals surface area contributed by atoms with Crippen molar-refractivity contribution >= 4 is 23.2 Å². The van der Waals surface area contributed by atoms with Gasteiger partial charge in [0.2, 0.25) is 0 Å². The van der Waals surface area contributed by atoms with Crippen LogP contribution in [-0.4, -0.2) is 57.9 Å². The van der Waals surface area contributed by atoms with Gasteiger partial charge in [-0.15, -0.1) is 11.3 Å². The number of carbonyl (C=O) groups excluding carboxylic acids is 2. The molecule has 27 heavy (non-hydrogen) atoms. The standard InChI is InChI=1S/C20H23N3O3S/c24-16-7-3-6-15(12-16)19(25)22-8-10-23(11-9-22)20(26)18-17(21-13-27-18)14-4-1-2-5-14/h3,6-7,12-14,24H,1-2,4-5,8-11H2. The number of nitrogens with zero attached hydrogens (tertiary/aromatic N) is 3. The average molecular weight is 385 g/mol. The van der Waals surface area contributed by atoms with Crippen molar-refractivity contribution < 1.29 is 14.7 Å². The Morgan fingerprint density at radius 3 is 2.37 bits per heavy atom. The minimum absolute atomic E-state index is 0.0452. The Morgan fingerprint density at radius 1 is 1.04 bits per heavy atom. The highest BCUT2D eigenvalue weighted by Gasteiger charge is 2.30. The van der Waals surface area contributed by atoms with Crippen molar-refractivity contribution in [2.75, 3.05) is 26.2 Å². The van der Waals surface area contributed by atoms with E-state index in [1.54, 1.807) is 28.6 Å². The average Bonchev–Trinajstić information content (AvgIpc) is 3.38. The largest absolute Gasteiger partial charge is 0.508 e. The van der Waals surface area contributed by atoms with Crippen molar-refractivity contribution in [2.24, 2.45) is 0 Å². The number of hydrogen-bond acceptors (Lipinski definition) is 5. The number of phenols is 1. The summed E-state index contributed by atoms with van der Waals surface area (Å²) in [7, 11) is 0. The lowest BCUT2D eigenvalue weighted by Crippen LogP contribution is -2.50. The molecule has 1 saturated carbocycles. The first-order chi connectivity index (χ1) is 13.1. The van der Waals surface area contributed by atoms with E-state index in [4.69, 9.17) is 0 Å². The van der Waals surface area contributed by atoms with Crippen LogP contribution in [0, 0.1) is 0 Å². The van der Waals surface area contributed by atoms with Gasteiger partial charge in [0.15, 0.2) is 0 Å². The fraction of sp³-hybridized carbons (Fsp3) is 0.450. The molecule has 1 aromatic carbocycles. The molecule has 6 nitrogen and oxygen atoms in total. The molecule has 2 heterocycles. The van der Waals surface area contributed by atoms with E-state index in [1.807, 2.05) is 4.90 Å². The van der Waals surface area contributed by atoms with Crippen LogP contribution in [0.5, 0.6) is 5.75 Å². The molecule has 1 aliphatic heterocycles. The number of amides is 2. The van der Waals surface area contributed by atoms with Crippen LogP contribution in [0.1, 0.15) is 57.3 Å². The highest BCUT2D eigenvalue weighted by Crippen LogP contribution is 2.36. The Kier molecular flexibility index (Phi) is 5.11. The molecular weight excluding hydrogens is 362 g/mol. The monoisotopic (exact) mass is 385 g/mol. The molecule has 1 N–H and O–H groups in total. The molecule has 7 heteroatoms. The SMILES string of the molecule is O=C(c1cccc(O)c1)N1CCN(C(=O)c2scnc2C2CCCC2)CC1. The molecule has 0 unspecified atom stereocenters. The maximum Gasteiger partial charge on any atom is 0.265 e. The minimum atomic E-state index is -0.109. The van der Waals surface area contributed by atoms with E-state index in [9.17, 15) is 14.7 Å². The van der Waals surface area contributed by atoms with Crippen molar-refractivity contribution in [3.63, 3.8) is 0 Å². The highest BCUT2D eigenvalue weighted by atomic mass is 32.1. The van der Waals surface area contributed by atoms with E-state index < -0.39 is 0 Å². The van der Waals surface area contributed by atoms with Crippen molar-refractivity contribution in [1.29, 1.82) is 0 Å². The second kappa shape index (κ2) is 7.68. The first kappa shape index (κ1) is 18.0. The summed E-state index contributed by atoms with van der Waals surface area (Å²) in [5.41, 5.74) is 3.23. The van der Waals surface area contributed by atoms with Crippen LogP contribution in [-0.2, 0) is 0 Å². The summed E-state index contributed by atoms with van der Waals surface area (Å²) in [5, 5.41) is 9.57. The third-order valence-electron chi connectivity index (χ3n) is 5.48. The molecule has 0 bridgehead atoms. The van der Waals surface area contributed by atoms with Crippen LogP contribution >= 0.6 is 11.3 Å².